The maximum atomic E-state index is 12.3. The molecule has 2 rings (SSSR count). The Labute approximate surface area is 224 Å². The van der Waals surface area contributed by atoms with Crippen LogP contribution in [0.4, 0.5) is 18.0 Å². The topological polar surface area (TPSA) is 97.4 Å². The van der Waals surface area contributed by atoms with Crippen molar-refractivity contribution in [2.45, 2.75) is 19.0 Å². The lowest BCUT2D eigenvalue weighted by atomic mass is 10.2. The molecular weight excluding hydrogens is 612 g/mol. The first kappa shape index (κ1) is 30.1. The highest BCUT2D eigenvalue weighted by Gasteiger charge is 2.26. The molecule has 0 aliphatic heterocycles. The molecule has 37 heavy (non-hydrogen) atoms. The molecule has 0 fully saturated rings. The Morgan fingerprint density at radius 2 is 1.43 bits per heavy atom. The van der Waals surface area contributed by atoms with Gasteiger partial charge < -0.3 is 23.7 Å². The van der Waals surface area contributed by atoms with E-state index in [1.165, 1.54) is 59.0 Å². The molecule has 0 saturated carbocycles. The fourth-order valence-electron chi connectivity index (χ4n) is 2.66. The van der Waals surface area contributed by atoms with Crippen LogP contribution in [0.15, 0.2) is 54.6 Å². The fraction of sp³-hybridized carbons (Fsp3) is 0.320. The summed E-state index contributed by atoms with van der Waals surface area (Å²) in [6.07, 6.45) is -2.53. The van der Waals surface area contributed by atoms with Crippen LogP contribution in [0.3, 0.4) is 0 Å². The van der Waals surface area contributed by atoms with Crippen LogP contribution in [-0.2, 0) is 19.0 Å². The van der Waals surface area contributed by atoms with Crippen LogP contribution in [0.25, 0.3) is 6.08 Å². The second-order valence-corrected chi connectivity index (χ2v) is 8.13. The molecule has 0 aliphatic carbocycles. The van der Waals surface area contributed by atoms with Crippen molar-refractivity contribution in [2.75, 3.05) is 33.0 Å². The molecule has 8 nitrogen and oxygen atoms in total. The van der Waals surface area contributed by atoms with Crippen molar-refractivity contribution in [1.29, 1.82) is 0 Å². The number of halogens is 4. The summed E-state index contributed by atoms with van der Waals surface area (Å²) in [6, 6.07) is 12.3. The van der Waals surface area contributed by atoms with E-state index in [1.54, 1.807) is 24.3 Å². The lowest BCUT2D eigenvalue weighted by Crippen LogP contribution is -2.11. The maximum Gasteiger partial charge on any atom is 0.389 e. The first-order valence-corrected chi connectivity index (χ1v) is 12.1. The normalized spacial score (nSPS) is 11.2. The Morgan fingerprint density at radius 1 is 0.811 bits per heavy atom. The zero-order valence-corrected chi connectivity index (χ0v) is 21.7. The minimum atomic E-state index is -4.22. The molecule has 0 unspecified atom stereocenters. The van der Waals surface area contributed by atoms with Crippen LogP contribution in [0.5, 0.6) is 11.5 Å². The minimum absolute atomic E-state index is 0.0431. The monoisotopic (exact) mass is 636 g/mol. The summed E-state index contributed by atoms with van der Waals surface area (Å²) in [7, 11) is 0. The van der Waals surface area contributed by atoms with Crippen molar-refractivity contribution < 1.29 is 51.2 Å². The fourth-order valence-corrected chi connectivity index (χ4v) is 2.88. The summed E-state index contributed by atoms with van der Waals surface area (Å²) in [5, 5.41) is 0. The number of ether oxygens (including phenoxy) is 5. The number of hydrogen-bond donors (Lipinski definition) is 0. The first-order valence-electron chi connectivity index (χ1n) is 11.0. The largest absolute Gasteiger partial charge is 0.494 e. The molecule has 2 aromatic carbocycles. The van der Waals surface area contributed by atoms with Gasteiger partial charge in [-0.25, -0.2) is 14.4 Å². The average molecular weight is 636 g/mol. The van der Waals surface area contributed by atoms with Gasteiger partial charge >= 0.3 is 22.1 Å². The highest BCUT2D eigenvalue weighted by atomic mass is 127. The summed E-state index contributed by atoms with van der Waals surface area (Å²) in [6.45, 7) is 0.443. The van der Waals surface area contributed by atoms with Crippen molar-refractivity contribution in [1.82, 2.24) is 0 Å². The van der Waals surface area contributed by atoms with Crippen LogP contribution >= 0.6 is 22.6 Å². The van der Waals surface area contributed by atoms with E-state index in [0.29, 0.717) is 11.3 Å². The quantitative estimate of drug-likeness (QED) is 0.0644. The van der Waals surface area contributed by atoms with E-state index >= 15 is 0 Å². The zero-order chi connectivity index (χ0) is 27.1. The Balaban J connectivity index is 1.71. The van der Waals surface area contributed by atoms with Gasteiger partial charge in [-0.1, -0.05) is 12.1 Å². The maximum absolute atomic E-state index is 12.3. The van der Waals surface area contributed by atoms with Gasteiger partial charge in [-0.15, -0.1) is 0 Å². The highest BCUT2D eigenvalue weighted by Crippen LogP contribution is 2.22. The van der Waals surface area contributed by atoms with E-state index in [4.69, 9.17) is 18.9 Å². The van der Waals surface area contributed by atoms with Gasteiger partial charge in [0.2, 0.25) is 0 Å². The molecule has 0 aromatic heterocycles. The predicted molar refractivity (Wildman–Crippen MR) is 135 cm³/mol. The number of hydrogen-bond acceptors (Lipinski definition) is 8. The SMILES string of the molecule is O=C(I)OCCOCCOC(=O)/C=C/c1ccc(OC(=O)c2ccc(OCCCC(F)(F)F)cc2)cc1. The average Bonchev–Trinajstić information content (AvgIpc) is 2.85. The molecule has 0 saturated heterocycles. The number of carbonyl (C=O) groups is 3. The van der Waals surface area contributed by atoms with Crippen LogP contribution in [0.1, 0.15) is 28.8 Å². The van der Waals surface area contributed by atoms with Crippen molar-refractivity contribution in [2.24, 2.45) is 0 Å². The number of carbonyl (C=O) groups excluding carboxylic acids is 3. The van der Waals surface area contributed by atoms with E-state index in [1.807, 2.05) is 0 Å². The van der Waals surface area contributed by atoms with E-state index in [9.17, 15) is 27.6 Å². The Kier molecular flexibility index (Phi) is 12.9. The van der Waals surface area contributed by atoms with Gasteiger partial charge in [0, 0.05) is 12.5 Å². The van der Waals surface area contributed by atoms with E-state index in [-0.39, 0.29) is 50.8 Å². The predicted octanol–water partition coefficient (Wildman–Crippen LogP) is 5.77. The molecule has 0 aliphatic rings. The molecule has 12 heteroatoms. The molecule has 0 bridgehead atoms. The Bertz CT molecular complexity index is 1040. The number of benzene rings is 2. The van der Waals surface area contributed by atoms with E-state index in [0.717, 1.165) is 0 Å². The van der Waals surface area contributed by atoms with Crippen molar-refractivity contribution in [3.63, 3.8) is 0 Å². The van der Waals surface area contributed by atoms with Crippen molar-refractivity contribution >= 4 is 44.6 Å². The molecule has 0 amide bonds. The summed E-state index contributed by atoms with van der Waals surface area (Å²) in [5.41, 5.74) is 0.907. The molecule has 0 N–H and O–H groups in total. The molecule has 0 radical (unpaired) electrons. The third-order valence-corrected chi connectivity index (χ3v) is 4.69. The van der Waals surface area contributed by atoms with Gasteiger partial charge in [-0.3, -0.25) is 0 Å². The Morgan fingerprint density at radius 3 is 2.05 bits per heavy atom. The van der Waals surface area contributed by atoms with Crippen molar-refractivity contribution in [3.05, 3.63) is 65.7 Å². The van der Waals surface area contributed by atoms with Crippen molar-refractivity contribution in [3.8, 4) is 11.5 Å². The second kappa shape index (κ2) is 15.9. The van der Waals surface area contributed by atoms with Gasteiger partial charge in [-0.05, 0) is 54.5 Å². The molecule has 200 valence electrons. The zero-order valence-electron chi connectivity index (χ0n) is 19.5. The molecular formula is C25H24F3IO8. The van der Waals surface area contributed by atoms with Gasteiger partial charge in [0.05, 0.1) is 48.0 Å². The number of alkyl halides is 3. The standard InChI is InChI=1S/C25H24F3IO8/c26-25(27,28)12-1-13-34-20-9-5-19(6-10-20)23(31)37-21-7-2-18(3-8-21)4-11-22(30)35-16-14-33-15-17-36-24(29)32/h2-11H,1,12-17H2/b11-4+. The lowest BCUT2D eigenvalue weighted by Gasteiger charge is -2.09. The Hall–Kier alpha value is -3.13. The number of rotatable bonds is 14. The molecule has 0 heterocycles. The number of esters is 2. The van der Waals surface area contributed by atoms with Gasteiger partial charge in [0.15, 0.2) is 0 Å². The molecule has 2 aromatic rings. The third kappa shape index (κ3) is 13.7. The second-order valence-electron chi connectivity index (χ2n) is 7.25. The van der Waals surface area contributed by atoms with Gasteiger partial charge in [-0.2, -0.15) is 13.2 Å². The summed E-state index contributed by atoms with van der Waals surface area (Å²) in [4.78, 5) is 34.6. The van der Waals surface area contributed by atoms with Gasteiger partial charge in [0.1, 0.15) is 24.7 Å². The van der Waals surface area contributed by atoms with E-state index < -0.39 is 28.5 Å². The highest BCUT2D eigenvalue weighted by molar-refractivity contribution is 14.1. The van der Waals surface area contributed by atoms with Crippen LogP contribution in [0.2, 0.25) is 0 Å². The van der Waals surface area contributed by atoms with Crippen LogP contribution in [0, 0.1) is 0 Å². The lowest BCUT2D eigenvalue weighted by molar-refractivity contribution is -0.139. The summed E-state index contributed by atoms with van der Waals surface area (Å²) < 4.78 is 61.4. The van der Waals surface area contributed by atoms with Gasteiger partial charge in [0.25, 0.3) is 0 Å². The smallest absolute Gasteiger partial charge is 0.389 e. The summed E-state index contributed by atoms with van der Waals surface area (Å²) in [5.74, 6) is -0.557. The molecule has 0 spiro atoms. The third-order valence-electron chi connectivity index (χ3n) is 4.38. The first-order chi connectivity index (χ1) is 17.6. The molecule has 0 atom stereocenters. The minimum Gasteiger partial charge on any atom is -0.494 e. The van der Waals surface area contributed by atoms with Crippen LogP contribution < -0.4 is 9.47 Å². The summed E-state index contributed by atoms with van der Waals surface area (Å²) >= 11 is 1.51. The van der Waals surface area contributed by atoms with E-state index in [2.05, 4.69) is 4.74 Å². The van der Waals surface area contributed by atoms with Crippen LogP contribution in [-0.4, -0.2) is 55.1 Å².